The molecule has 638 valence electrons. The summed E-state index contributed by atoms with van der Waals surface area (Å²) in [7, 11) is 3.10. The number of nitrogens with zero attached hydrogens (tertiary/aromatic N) is 20. The maximum atomic E-state index is 10.6. The second-order valence-electron chi connectivity index (χ2n) is 27.7. The second kappa shape index (κ2) is 37.9. The first-order chi connectivity index (χ1) is 64.6. The first kappa shape index (κ1) is 83.3. The van der Waals surface area contributed by atoms with Crippen LogP contribution in [0.4, 0.5) is 0 Å². The molecule has 14 heterocycles. The Kier molecular flexibility index (Phi) is 24.1. The van der Waals surface area contributed by atoms with Gasteiger partial charge < -0.3 is 33.2 Å². The van der Waals surface area contributed by atoms with Crippen LogP contribution < -0.4 is 33.2 Å². The number of rotatable bonds is 22. The summed E-state index contributed by atoms with van der Waals surface area (Å²) in [6.45, 7) is 1.81. The van der Waals surface area contributed by atoms with Crippen molar-refractivity contribution in [2.45, 2.75) is 0 Å². The molecule has 0 unspecified atom stereocenters. The molecule has 0 saturated carbocycles. The Morgan fingerprint density at radius 3 is 1.11 bits per heavy atom. The molecular formula is C94H60N20O12S5. The lowest BCUT2D eigenvalue weighted by atomic mass is 10.0. The van der Waals surface area contributed by atoms with Gasteiger partial charge in [0, 0.05) is 90.8 Å². The number of thiazole rings is 5. The summed E-state index contributed by atoms with van der Waals surface area (Å²) in [4.78, 5) is 95.7. The fourth-order valence-electron chi connectivity index (χ4n) is 14.5. The van der Waals surface area contributed by atoms with Crippen LogP contribution in [0.25, 0.3) is 169 Å². The zero-order chi connectivity index (χ0) is 89.1. The third kappa shape index (κ3) is 17.2. The topological polar surface area (TPSA) is 368 Å². The summed E-state index contributed by atoms with van der Waals surface area (Å²) >= 11 is 6.75. The average molecular weight is 1820 g/mol. The van der Waals surface area contributed by atoms with Crippen molar-refractivity contribution in [1.29, 1.82) is 0 Å². The molecule has 0 amide bonds. The van der Waals surface area contributed by atoms with Gasteiger partial charge in [-0.25, -0.2) is 33.4 Å². The van der Waals surface area contributed by atoms with E-state index in [9.17, 15) is 24.0 Å². The lowest BCUT2D eigenvalue weighted by Crippen LogP contribution is -1.98. The van der Waals surface area contributed by atoms with Crippen LogP contribution in [0.2, 0.25) is 0 Å². The number of pyridine rings is 3. The Morgan fingerprint density at radius 1 is 0.290 bits per heavy atom. The van der Waals surface area contributed by atoms with Gasteiger partial charge in [-0.2, -0.15) is 55.4 Å². The van der Waals surface area contributed by atoms with E-state index in [4.69, 9.17) is 53.6 Å². The molecule has 0 saturated heterocycles. The number of aromatic nitrogens is 20. The van der Waals surface area contributed by atoms with Crippen LogP contribution in [0, 0.1) is 0 Å². The lowest BCUT2D eigenvalue weighted by Gasteiger charge is -2.07. The highest BCUT2D eigenvalue weighted by atomic mass is 32.1. The Bertz CT molecular complexity index is 7950. The quantitative estimate of drug-likeness (QED) is 0.0569. The van der Waals surface area contributed by atoms with Gasteiger partial charge >= 0.3 is 0 Å². The van der Waals surface area contributed by atoms with Gasteiger partial charge in [0.05, 0.1) is 85.3 Å². The van der Waals surface area contributed by atoms with E-state index >= 15 is 0 Å². The van der Waals surface area contributed by atoms with Gasteiger partial charge in [-0.3, -0.25) is 33.9 Å². The molecule has 0 aliphatic carbocycles. The number of para-hydroxylation sites is 7. The summed E-state index contributed by atoms with van der Waals surface area (Å²) in [6.07, 6.45) is 8.54. The molecule has 9 aromatic carbocycles. The normalized spacial score (nSPS) is 11.0. The predicted octanol–water partition coefficient (Wildman–Crippen LogP) is 18.9. The van der Waals surface area contributed by atoms with E-state index in [1.54, 1.807) is 89.2 Å². The summed E-state index contributed by atoms with van der Waals surface area (Å²) < 4.78 is 43.4. The van der Waals surface area contributed by atoms with Crippen molar-refractivity contribution in [2.75, 3.05) is 14.2 Å². The van der Waals surface area contributed by atoms with E-state index in [-0.39, 0.29) is 29.4 Å². The summed E-state index contributed by atoms with van der Waals surface area (Å²) in [5, 5.41) is 44.7. The maximum Gasteiger partial charge on any atom is 0.299 e. The largest absolute Gasteiger partial charge is 0.481 e. The lowest BCUT2D eigenvalue weighted by molar-refractivity contribution is -0.121. The summed E-state index contributed by atoms with van der Waals surface area (Å²) in [5.41, 5.74) is 14.9. The highest BCUT2D eigenvalue weighted by molar-refractivity contribution is 7.13. The molecule has 0 aliphatic rings. The Hall–Kier alpha value is -17.3. The molecule has 131 heavy (non-hydrogen) atoms. The van der Waals surface area contributed by atoms with Crippen molar-refractivity contribution in [3.63, 3.8) is 0 Å². The van der Waals surface area contributed by atoms with Crippen LogP contribution in [0.15, 0.2) is 295 Å². The molecule has 0 spiro atoms. The van der Waals surface area contributed by atoms with Crippen molar-refractivity contribution in [2.24, 2.45) is 0 Å². The minimum atomic E-state index is 0.231. The number of carbonyl (C=O) groups excluding carboxylic acids is 5. The SMILES string of the molecule is COc1ccc(-c2nn(-c3nc(OC=O)cs3)c3ccccc23)c(OC)n1.O=COc1csc(-n2nc(-c3ccc4ccccc4c3)c3ccccc32)n1.O=COc1csc(-n2nc(-c3cccc4cccnc34)c3ccccc32)n1.O=COc1csc(-n2nc(-c3cnc4ccccc4c3)c3ccccc32)n1.O=COc1csc(-n2nc(-c3cncnc3)c3ccccc32)n1. The zero-order valence-electron chi connectivity index (χ0n) is 68.1. The van der Waals surface area contributed by atoms with E-state index in [1.807, 2.05) is 194 Å². The van der Waals surface area contributed by atoms with Gasteiger partial charge in [-0.05, 0) is 71.4 Å². The number of methoxy groups -OCH3 is 2. The average Bonchev–Trinajstić information content (AvgIpc) is 1.50. The molecular weight excluding hydrogens is 1760 g/mol. The Morgan fingerprint density at radius 2 is 0.664 bits per heavy atom. The molecule has 0 aliphatic heterocycles. The van der Waals surface area contributed by atoms with Crippen LogP contribution in [-0.4, -0.2) is 145 Å². The third-order valence-electron chi connectivity index (χ3n) is 20.1. The summed E-state index contributed by atoms with van der Waals surface area (Å²) in [5.74, 6) is 2.15. The maximum absolute atomic E-state index is 10.6. The Balaban J connectivity index is 0.000000106. The van der Waals surface area contributed by atoms with Crippen molar-refractivity contribution in [1.82, 2.24) is 98.7 Å². The molecule has 23 aromatic rings. The smallest absolute Gasteiger partial charge is 0.299 e. The zero-order valence-corrected chi connectivity index (χ0v) is 72.1. The number of hydrogen-bond donors (Lipinski definition) is 0. The third-order valence-corrected chi connectivity index (χ3v) is 24.1. The van der Waals surface area contributed by atoms with Crippen LogP contribution in [-0.2, 0) is 24.0 Å². The molecule has 0 bridgehead atoms. The van der Waals surface area contributed by atoms with Crippen LogP contribution >= 0.6 is 56.7 Å². The highest BCUT2D eigenvalue weighted by Crippen LogP contribution is 2.41. The van der Waals surface area contributed by atoms with E-state index in [1.165, 1.54) is 73.8 Å². The van der Waals surface area contributed by atoms with E-state index in [0.29, 0.717) is 75.5 Å². The second-order valence-corrected chi connectivity index (χ2v) is 31.9. The minimum absolute atomic E-state index is 0.231. The number of ether oxygens (including phenoxy) is 7. The first-order valence-electron chi connectivity index (χ1n) is 39.4. The molecule has 0 atom stereocenters. The monoisotopic (exact) mass is 1820 g/mol. The van der Waals surface area contributed by atoms with Crippen molar-refractivity contribution in [3.05, 3.63) is 295 Å². The molecule has 0 N–H and O–H groups in total. The fraction of sp³-hybridized carbons (Fsp3) is 0.0213. The predicted molar refractivity (Wildman–Crippen MR) is 499 cm³/mol. The fourth-order valence-corrected chi connectivity index (χ4v) is 18.0. The standard InChI is InChI=1S/C21H13N3O2S.2C20H12N4O2S.C18H14N4O4S.C15H9N5O2S/c25-13-26-19-12-27-21(22-19)24-18-8-4-3-7-17(18)20(23-24)16-10-9-14-5-1-2-6-15(14)11-16;25-12-26-18-11-27-20(22-18)24-17-8-4-2-6-15(17)19(23-24)14-9-13-5-1-3-7-16(13)21-10-14;25-12-26-17-11-27-20(22-17)24-16-9-2-1-7-14(16)19(23-24)15-8-3-5-13-6-4-10-21-18(13)15;1-24-14-8-7-12(17(19-14)25-2)16-11-5-3-4-6-13(11)22(21-16)18-20-15(9-27-18)26-10-23;21-9-22-13-7-23-15(18-13)20-12-4-2-1-3-11(12)14(19-20)10-5-16-8-17-6-10/h1-13H;2*1-12H;3-10H,1-2H3;1-9H. The first-order valence-corrected chi connectivity index (χ1v) is 43.8. The van der Waals surface area contributed by atoms with Gasteiger partial charge in [0.1, 0.15) is 34.8 Å². The molecule has 0 fully saturated rings. The van der Waals surface area contributed by atoms with Gasteiger partial charge in [-0.15, -0.1) is 0 Å². The van der Waals surface area contributed by atoms with Gasteiger partial charge in [0.15, 0.2) is 0 Å². The van der Waals surface area contributed by atoms with Gasteiger partial charge in [0.2, 0.25) is 66.8 Å². The number of hydrogen-bond acceptors (Lipinski definition) is 32. The van der Waals surface area contributed by atoms with Gasteiger partial charge in [0.25, 0.3) is 32.4 Å². The molecule has 0 radical (unpaired) electrons. The number of fused-ring (bicyclic) bond motifs is 8. The number of benzene rings is 9. The van der Waals surface area contributed by atoms with Crippen molar-refractivity contribution in [3.8, 4) is 123 Å². The van der Waals surface area contributed by atoms with Gasteiger partial charge in [-0.1, -0.05) is 227 Å². The summed E-state index contributed by atoms with van der Waals surface area (Å²) in [6, 6.07) is 77.9. The molecule has 14 aromatic heterocycles. The van der Waals surface area contributed by atoms with E-state index in [0.717, 1.165) is 127 Å². The van der Waals surface area contributed by atoms with Crippen molar-refractivity contribution >= 4 is 176 Å². The van der Waals surface area contributed by atoms with Crippen LogP contribution in [0.3, 0.4) is 0 Å². The molecule has 37 heteroatoms. The van der Waals surface area contributed by atoms with E-state index < -0.39 is 0 Å². The van der Waals surface area contributed by atoms with Crippen LogP contribution in [0.1, 0.15) is 0 Å². The van der Waals surface area contributed by atoms with E-state index in [2.05, 4.69) is 97.4 Å². The van der Waals surface area contributed by atoms with Crippen LogP contribution in [0.5, 0.6) is 41.2 Å². The van der Waals surface area contributed by atoms with Crippen molar-refractivity contribution < 1.29 is 57.1 Å². The Labute approximate surface area is 758 Å². The number of carbonyl (C=O) groups is 5. The molecule has 32 nitrogen and oxygen atoms in total. The molecule has 23 rings (SSSR count). The highest BCUT2D eigenvalue weighted by Gasteiger charge is 2.25. The minimum Gasteiger partial charge on any atom is -0.481 e.